The van der Waals surface area contributed by atoms with Crippen molar-refractivity contribution in [3.05, 3.63) is 96.1 Å². The van der Waals surface area contributed by atoms with Gasteiger partial charge in [0, 0.05) is 32.6 Å². The standard InChI is InChI=1S/C31H37N3O6S/c1-2-17-32-31(36)29(22-25-9-5-3-6-10-25)34(23-26-11-7-4-8-12-26)30(35)24-40-27-13-15-28(16-14-27)41(37,38)33-18-20-39-21-19-33/h3-16,29H,2,17-24H2,1H3,(H,32,36). The number of nitrogens with zero attached hydrogens (tertiary/aromatic N) is 2. The Kier molecular flexibility index (Phi) is 10.9. The predicted molar refractivity (Wildman–Crippen MR) is 156 cm³/mol. The fourth-order valence-corrected chi connectivity index (χ4v) is 5.98. The molecule has 1 aliphatic heterocycles. The monoisotopic (exact) mass is 579 g/mol. The summed E-state index contributed by atoms with van der Waals surface area (Å²) in [5.74, 6) is -0.224. The third-order valence-electron chi connectivity index (χ3n) is 6.81. The van der Waals surface area contributed by atoms with Crippen molar-refractivity contribution in [2.45, 2.75) is 37.2 Å². The van der Waals surface area contributed by atoms with E-state index in [9.17, 15) is 18.0 Å². The molecule has 1 fully saturated rings. The first-order valence-electron chi connectivity index (χ1n) is 13.8. The van der Waals surface area contributed by atoms with Gasteiger partial charge in [-0.25, -0.2) is 8.42 Å². The van der Waals surface area contributed by atoms with Crippen molar-refractivity contribution in [3.63, 3.8) is 0 Å². The molecule has 10 heteroatoms. The zero-order chi connectivity index (χ0) is 29.1. The Morgan fingerprint density at radius 3 is 2.15 bits per heavy atom. The van der Waals surface area contributed by atoms with Crippen LogP contribution in [0.25, 0.3) is 0 Å². The van der Waals surface area contributed by atoms with Crippen LogP contribution in [0, 0.1) is 0 Å². The van der Waals surface area contributed by atoms with Crippen molar-refractivity contribution in [1.29, 1.82) is 0 Å². The van der Waals surface area contributed by atoms with Crippen LogP contribution in [0.4, 0.5) is 0 Å². The Labute approximate surface area is 242 Å². The highest BCUT2D eigenvalue weighted by Crippen LogP contribution is 2.21. The van der Waals surface area contributed by atoms with Crippen LogP contribution in [-0.2, 0) is 37.3 Å². The van der Waals surface area contributed by atoms with E-state index in [4.69, 9.17) is 9.47 Å². The maximum atomic E-state index is 13.7. The van der Waals surface area contributed by atoms with Crippen LogP contribution in [0.1, 0.15) is 24.5 Å². The van der Waals surface area contributed by atoms with Crippen molar-refractivity contribution in [3.8, 4) is 5.75 Å². The molecular weight excluding hydrogens is 542 g/mol. The van der Waals surface area contributed by atoms with Gasteiger partial charge in [0.05, 0.1) is 18.1 Å². The lowest BCUT2D eigenvalue weighted by molar-refractivity contribution is -0.142. The average molecular weight is 580 g/mol. The van der Waals surface area contributed by atoms with Gasteiger partial charge in [0.2, 0.25) is 15.9 Å². The van der Waals surface area contributed by atoms with Crippen LogP contribution in [0.2, 0.25) is 0 Å². The van der Waals surface area contributed by atoms with Gasteiger partial charge in [0.1, 0.15) is 11.8 Å². The number of morpholine rings is 1. The topological polar surface area (TPSA) is 105 Å². The van der Waals surface area contributed by atoms with Gasteiger partial charge in [-0.05, 0) is 41.8 Å². The van der Waals surface area contributed by atoms with Gasteiger partial charge in [0.15, 0.2) is 6.61 Å². The Balaban J connectivity index is 1.51. The van der Waals surface area contributed by atoms with E-state index in [0.29, 0.717) is 45.0 Å². The van der Waals surface area contributed by atoms with E-state index in [1.54, 1.807) is 4.90 Å². The SMILES string of the molecule is CCCNC(=O)C(Cc1ccccc1)N(Cc1ccccc1)C(=O)COc1ccc(S(=O)(=O)N2CCOCC2)cc1. The van der Waals surface area contributed by atoms with Crippen molar-refractivity contribution >= 4 is 21.8 Å². The minimum absolute atomic E-state index is 0.152. The first-order valence-corrected chi connectivity index (χ1v) is 15.3. The Morgan fingerprint density at radius 2 is 1.54 bits per heavy atom. The number of carbonyl (C=O) groups excluding carboxylic acids is 2. The van der Waals surface area contributed by atoms with Crippen molar-refractivity contribution < 1.29 is 27.5 Å². The summed E-state index contributed by atoms with van der Waals surface area (Å²) in [5.41, 5.74) is 1.83. The van der Waals surface area contributed by atoms with E-state index >= 15 is 0 Å². The zero-order valence-corrected chi connectivity index (χ0v) is 24.1. The third kappa shape index (κ3) is 8.39. The van der Waals surface area contributed by atoms with Gasteiger partial charge in [-0.15, -0.1) is 0 Å². The lowest BCUT2D eigenvalue weighted by Gasteiger charge is -2.31. The number of benzene rings is 3. The number of ether oxygens (including phenoxy) is 2. The Bertz CT molecular complexity index is 1360. The molecule has 0 spiro atoms. The molecule has 1 heterocycles. The summed E-state index contributed by atoms with van der Waals surface area (Å²) in [7, 11) is -3.64. The summed E-state index contributed by atoms with van der Waals surface area (Å²) in [4.78, 5) is 28.7. The predicted octanol–water partition coefficient (Wildman–Crippen LogP) is 3.25. The van der Waals surface area contributed by atoms with E-state index in [0.717, 1.165) is 17.5 Å². The third-order valence-corrected chi connectivity index (χ3v) is 8.72. The van der Waals surface area contributed by atoms with Crippen molar-refractivity contribution in [2.24, 2.45) is 0 Å². The molecule has 0 bridgehead atoms. The molecule has 4 rings (SSSR count). The molecule has 3 aromatic carbocycles. The highest BCUT2D eigenvalue weighted by Gasteiger charge is 2.31. The number of hydrogen-bond donors (Lipinski definition) is 1. The molecule has 0 radical (unpaired) electrons. The van der Waals surface area contributed by atoms with Gasteiger partial charge in [-0.2, -0.15) is 4.31 Å². The van der Waals surface area contributed by atoms with Crippen LogP contribution in [-0.4, -0.2) is 74.9 Å². The molecular formula is C31H37N3O6S. The molecule has 2 amide bonds. The summed E-state index contributed by atoms with van der Waals surface area (Å²) in [6.45, 7) is 3.75. The molecule has 1 N–H and O–H groups in total. The first kappa shape index (κ1) is 30.2. The highest BCUT2D eigenvalue weighted by molar-refractivity contribution is 7.89. The first-order chi connectivity index (χ1) is 19.9. The summed E-state index contributed by atoms with van der Waals surface area (Å²) < 4.78 is 38.3. The summed E-state index contributed by atoms with van der Waals surface area (Å²) >= 11 is 0. The van der Waals surface area contributed by atoms with Gasteiger partial charge in [-0.3, -0.25) is 9.59 Å². The minimum atomic E-state index is -3.64. The molecule has 41 heavy (non-hydrogen) atoms. The number of sulfonamides is 1. The number of nitrogens with one attached hydrogen (secondary N) is 1. The van der Waals surface area contributed by atoms with Gasteiger partial charge >= 0.3 is 0 Å². The molecule has 1 atom stereocenters. The van der Waals surface area contributed by atoms with Crippen LogP contribution < -0.4 is 10.1 Å². The molecule has 0 aromatic heterocycles. The molecule has 218 valence electrons. The summed E-state index contributed by atoms with van der Waals surface area (Å²) in [6.07, 6.45) is 1.12. The van der Waals surface area contributed by atoms with Crippen LogP contribution >= 0.6 is 0 Å². The Hall–Kier alpha value is -3.73. The summed E-state index contributed by atoms with van der Waals surface area (Å²) in [5, 5.41) is 2.95. The van der Waals surface area contributed by atoms with E-state index in [1.807, 2.05) is 67.6 Å². The van der Waals surface area contributed by atoms with E-state index in [-0.39, 0.29) is 29.9 Å². The number of rotatable bonds is 13. The smallest absolute Gasteiger partial charge is 0.261 e. The van der Waals surface area contributed by atoms with Crippen molar-refractivity contribution in [1.82, 2.24) is 14.5 Å². The molecule has 1 aliphatic rings. The fraction of sp³-hybridized carbons (Fsp3) is 0.355. The maximum absolute atomic E-state index is 13.7. The van der Waals surface area contributed by atoms with E-state index < -0.39 is 16.1 Å². The van der Waals surface area contributed by atoms with Gasteiger partial charge in [0.25, 0.3) is 5.91 Å². The number of carbonyl (C=O) groups is 2. The molecule has 0 saturated carbocycles. The molecule has 1 unspecified atom stereocenters. The second-order valence-corrected chi connectivity index (χ2v) is 11.7. The van der Waals surface area contributed by atoms with Crippen LogP contribution in [0.5, 0.6) is 5.75 Å². The number of hydrogen-bond acceptors (Lipinski definition) is 6. The lowest BCUT2D eigenvalue weighted by atomic mass is 10.0. The quantitative estimate of drug-likeness (QED) is 0.333. The molecule has 1 saturated heterocycles. The van der Waals surface area contributed by atoms with Crippen molar-refractivity contribution in [2.75, 3.05) is 39.5 Å². The molecule has 0 aliphatic carbocycles. The zero-order valence-electron chi connectivity index (χ0n) is 23.3. The lowest BCUT2D eigenvalue weighted by Crippen LogP contribution is -2.51. The molecule has 3 aromatic rings. The average Bonchev–Trinajstić information content (AvgIpc) is 3.02. The van der Waals surface area contributed by atoms with Gasteiger partial charge in [-0.1, -0.05) is 67.6 Å². The largest absolute Gasteiger partial charge is 0.484 e. The van der Waals surface area contributed by atoms with E-state index in [2.05, 4.69) is 5.32 Å². The normalized spacial score (nSPS) is 14.7. The van der Waals surface area contributed by atoms with Gasteiger partial charge < -0.3 is 19.7 Å². The second-order valence-electron chi connectivity index (χ2n) is 9.78. The second kappa shape index (κ2) is 14.8. The summed E-state index contributed by atoms with van der Waals surface area (Å²) in [6, 6.07) is 24.4. The molecule has 9 nitrogen and oxygen atoms in total. The van der Waals surface area contributed by atoms with Crippen LogP contribution in [0.15, 0.2) is 89.8 Å². The Morgan fingerprint density at radius 1 is 0.927 bits per heavy atom. The van der Waals surface area contributed by atoms with Crippen LogP contribution in [0.3, 0.4) is 0 Å². The maximum Gasteiger partial charge on any atom is 0.261 e. The number of amides is 2. The fourth-order valence-electron chi connectivity index (χ4n) is 4.57. The van der Waals surface area contributed by atoms with E-state index in [1.165, 1.54) is 28.6 Å². The highest BCUT2D eigenvalue weighted by atomic mass is 32.2. The minimum Gasteiger partial charge on any atom is -0.484 e.